The molecular weight excluding hydrogens is 374 g/mol. The molecule has 1 unspecified atom stereocenters. The van der Waals surface area contributed by atoms with Gasteiger partial charge in [-0.1, -0.05) is 54.6 Å². The molecule has 0 saturated carbocycles. The van der Waals surface area contributed by atoms with Crippen LogP contribution in [0.4, 0.5) is 0 Å². The fraction of sp³-hybridized carbons (Fsp3) is 0.269. The average Bonchev–Trinajstić information content (AvgIpc) is 2.80. The Kier molecular flexibility index (Phi) is 5.86. The molecule has 3 aromatic rings. The molecule has 0 bridgehead atoms. The average molecular weight is 402 g/mol. The zero-order chi connectivity index (χ0) is 21.1. The molecule has 154 valence electrons. The van der Waals surface area contributed by atoms with Crippen molar-refractivity contribution in [1.29, 1.82) is 0 Å². The Labute approximate surface area is 178 Å². The number of nitrogens with zero attached hydrogens (tertiary/aromatic N) is 1. The first-order valence-electron chi connectivity index (χ1n) is 10.2. The van der Waals surface area contributed by atoms with Crippen LogP contribution in [-0.4, -0.2) is 38.5 Å². The molecule has 0 radical (unpaired) electrons. The van der Waals surface area contributed by atoms with Gasteiger partial charge in [-0.05, 0) is 48.7 Å². The lowest BCUT2D eigenvalue weighted by atomic mass is 9.88. The maximum absolute atomic E-state index is 12.7. The van der Waals surface area contributed by atoms with Crippen molar-refractivity contribution in [3.63, 3.8) is 0 Å². The highest BCUT2D eigenvalue weighted by Gasteiger charge is 2.27. The number of rotatable bonds is 6. The highest BCUT2D eigenvalue weighted by molar-refractivity contribution is 6.08. The van der Waals surface area contributed by atoms with Gasteiger partial charge in [0.05, 0.1) is 14.2 Å². The number of likely N-dealkylation sites (N-methyl/N-ethyl adjacent to an activating group) is 1. The van der Waals surface area contributed by atoms with E-state index < -0.39 is 0 Å². The summed E-state index contributed by atoms with van der Waals surface area (Å²) in [5.74, 6) is 1.60. The zero-order valence-corrected chi connectivity index (χ0v) is 17.7. The first kappa shape index (κ1) is 20.2. The van der Waals surface area contributed by atoms with Gasteiger partial charge in [0.25, 0.3) is 0 Å². The number of fused-ring (bicyclic) bond motifs is 1. The van der Waals surface area contributed by atoms with Crippen LogP contribution in [0.3, 0.4) is 0 Å². The molecule has 1 aliphatic rings. The standard InChI is InChI=1S/C26H27NO3/c1-27-14-13-21-16-24(29-2)25(30-3)17-22(21)23(27)15-18-9-11-20(12-10-18)26(28)19-7-5-4-6-8-19/h4-12,16-17,23H,13-15H2,1-3H3. The fourth-order valence-corrected chi connectivity index (χ4v) is 4.19. The van der Waals surface area contributed by atoms with E-state index >= 15 is 0 Å². The highest BCUT2D eigenvalue weighted by Crippen LogP contribution is 2.38. The Morgan fingerprint density at radius 2 is 1.57 bits per heavy atom. The van der Waals surface area contributed by atoms with Crippen molar-refractivity contribution in [2.45, 2.75) is 18.9 Å². The molecule has 1 aliphatic heterocycles. The minimum absolute atomic E-state index is 0.0547. The lowest BCUT2D eigenvalue weighted by Gasteiger charge is -2.35. The van der Waals surface area contributed by atoms with E-state index in [-0.39, 0.29) is 11.8 Å². The molecule has 0 spiro atoms. The molecule has 0 aliphatic carbocycles. The number of hydrogen-bond donors (Lipinski definition) is 0. The van der Waals surface area contributed by atoms with E-state index in [1.54, 1.807) is 14.2 Å². The number of carbonyl (C=O) groups is 1. The van der Waals surface area contributed by atoms with Gasteiger partial charge in [0.2, 0.25) is 0 Å². The molecule has 4 heteroatoms. The third-order valence-electron chi connectivity index (χ3n) is 5.95. The van der Waals surface area contributed by atoms with E-state index in [1.807, 2.05) is 42.5 Å². The second-order valence-electron chi connectivity index (χ2n) is 7.75. The molecule has 0 amide bonds. The number of methoxy groups -OCH3 is 2. The van der Waals surface area contributed by atoms with Gasteiger partial charge in [-0.3, -0.25) is 9.69 Å². The molecule has 1 heterocycles. The van der Waals surface area contributed by atoms with Gasteiger partial charge >= 0.3 is 0 Å². The lowest BCUT2D eigenvalue weighted by molar-refractivity contribution is 0.103. The second-order valence-corrected chi connectivity index (χ2v) is 7.75. The van der Waals surface area contributed by atoms with Crippen LogP contribution in [0.25, 0.3) is 0 Å². The fourth-order valence-electron chi connectivity index (χ4n) is 4.19. The van der Waals surface area contributed by atoms with Gasteiger partial charge in [0, 0.05) is 23.7 Å². The van der Waals surface area contributed by atoms with Crippen LogP contribution in [0.5, 0.6) is 11.5 Å². The quantitative estimate of drug-likeness (QED) is 0.561. The number of ether oxygens (including phenoxy) is 2. The monoisotopic (exact) mass is 401 g/mol. The Morgan fingerprint density at radius 3 is 2.23 bits per heavy atom. The smallest absolute Gasteiger partial charge is 0.193 e. The topological polar surface area (TPSA) is 38.8 Å². The summed E-state index contributed by atoms with van der Waals surface area (Å²) in [4.78, 5) is 15.0. The number of ketones is 1. The molecule has 4 nitrogen and oxygen atoms in total. The Bertz CT molecular complexity index is 1030. The van der Waals surface area contributed by atoms with Crippen LogP contribution in [0, 0.1) is 0 Å². The molecule has 1 atom stereocenters. The van der Waals surface area contributed by atoms with Crippen molar-refractivity contribution in [2.75, 3.05) is 27.8 Å². The van der Waals surface area contributed by atoms with Gasteiger partial charge < -0.3 is 9.47 Å². The molecule has 3 aromatic carbocycles. The third-order valence-corrected chi connectivity index (χ3v) is 5.95. The van der Waals surface area contributed by atoms with Crippen molar-refractivity contribution in [2.24, 2.45) is 0 Å². The van der Waals surface area contributed by atoms with Crippen molar-refractivity contribution in [1.82, 2.24) is 4.90 Å². The normalized spacial score (nSPS) is 16.0. The van der Waals surface area contributed by atoms with E-state index in [1.165, 1.54) is 16.7 Å². The molecule has 0 saturated heterocycles. The number of benzene rings is 3. The SMILES string of the molecule is COc1cc2c(cc1OC)C(Cc1ccc(C(=O)c3ccccc3)cc1)N(C)CC2. The minimum Gasteiger partial charge on any atom is -0.493 e. The molecule has 30 heavy (non-hydrogen) atoms. The zero-order valence-electron chi connectivity index (χ0n) is 17.7. The van der Waals surface area contributed by atoms with Crippen LogP contribution < -0.4 is 9.47 Å². The van der Waals surface area contributed by atoms with Crippen LogP contribution in [0.2, 0.25) is 0 Å². The van der Waals surface area contributed by atoms with Gasteiger partial charge in [-0.25, -0.2) is 0 Å². The van der Waals surface area contributed by atoms with Crippen molar-refractivity contribution >= 4 is 5.78 Å². The third kappa shape index (κ3) is 3.96. The molecular formula is C26H27NO3. The Morgan fingerprint density at radius 1 is 0.933 bits per heavy atom. The lowest BCUT2D eigenvalue weighted by Crippen LogP contribution is -2.33. The molecule has 0 N–H and O–H groups in total. The van der Waals surface area contributed by atoms with Crippen LogP contribution in [0.1, 0.15) is 38.7 Å². The van der Waals surface area contributed by atoms with E-state index in [9.17, 15) is 4.79 Å². The van der Waals surface area contributed by atoms with Gasteiger partial charge in [0.15, 0.2) is 17.3 Å². The maximum atomic E-state index is 12.7. The summed E-state index contributed by atoms with van der Waals surface area (Å²) in [7, 11) is 5.51. The first-order chi connectivity index (χ1) is 14.6. The van der Waals surface area contributed by atoms with E-state index in [4.69, 9.17) is 9.47 Å². The van der Waals surface area contributed by atoms with Gasteiger partial charge in [0.1, 0.15) is 0 Å². The number of carbonyl (C=O) groups excluding carboxylic acids is 1. The Balaban J connectivity index is 1.58. The summed E-state index contributed by atoms with van der Waals surface area (Å²) < 4.78 is 11.0. The van der Waals surface area contributed by atoms with Crippen molar-refractivity contribution < 1.29 is 14.3 Å². The second kappa shape index (κ2) is 8.72. The summed E-state index contributed by atoms with van der Waals surface area (Å²) in [6.07, 6.45) is 1.87. The van der Waals surface area contributed by atoms with E-state index in [2.05, 4.69) is 36.2 Å². The largest absolute Gasteiger partial charge is 0.493 e. The summed E-state index contributed by atoms with van der Waals surface area (Å²) in [5.41, 5.74) is 5.23. The molecule has 0 aromatic heterocycles. The van der Waals surface area contributed by atoms with Crippen LogP contribution in [-0.2, 0) is 12.8 Å². The first-order valence-corrected chi connectivity index (χ1v) is 10.2. The summed E-state index contributed by atoms with van der Waals surface area (Å²) >= 11 is 0. The van der Waals surface area contributed by atoms with Gasteiger partial charge in [-0.2, -0.15) is 0 Å². The highest BCUT2D eigenvalue weighted by atomic mass is 16.5. The summed E-state index contributed by atoms with van der Waals surface area (Å²) in [6, 6.07) is 21.9. The summed E-state index contributed by atoms with van der Waals surface area (Å²) in [6.45, 7) is 0.998. The summed E-state index contributed by atoms with van der Waals surface area (Å²) in [5, 5.41) is 0. The van der Waals surface area contributed by atoms with Crippen LogP contribution >= 0.6 is 0 Å². The van der Waals surface area contributed by atoms with E-state index in [0.29, 0.717) is 11.1 Å². The molecule has 4 rings (SSSR count). The number of hydrogen-bond acceptors (Lipinski definition) is 4. The van der Waals surface area contributed by atoms with E-state index in [0.717, 1.165) is 30.9 Å². The maximum Gasteiger partial charge on any atom is 0.193 e. The predicted octanol–water partition coefficient (Wildman–Crippen LogP) is 4.71. The van der Waals surface area contributed by atoms with Crippen molar-refractivity contribution in [3.05, 3.63) is 94.5 Å². The minimum atomic E-state index is 0.0547. The van der Waals surface area contributed by atoms with Crippen LogP contribution in [0.15, 0.2) is 66.7 Å². The predicted molar refractivity (Wildman–Crippen MR) is 119 cm³/mol. The van der Waals surface area contributed by atoms with Gasteiger partial charge in [-0.15, -0.1) is 0 Å². The Hall–Kier alpha value is -3.11. The van der Waals surface area contributed by atoms with Crippen molar-refractivity contribution in [3.8, 4) is 11.5 Å². The molecule has 0 fully saturated rings.